The number of nitro benzene ring substituents is 1. The molecule has 5 heteroatoms. The van der Waals surface area contributed by atoms with E-state index in [1.165, 1.54) is 18.2 Å². The molecule has 0 heterocycles. The Balaban J connectivity index is 2.09. The van der Waals surface area contributed by atoms with Gasteiger partial charge in [-0.2, -0.15) is 0 Å². The summed E-state index contributed by atoms with van der Waals surface area (Å²) in [5.41, 5.74) is 0.530. The highest BCUT2D eigenvalue weighted by atomic mass is 16.6. The summed E-state index contributed by atoms with van der Waals surface area (Å²) in [6.45, 7) is 1.62. The van der Waals surface area contributed by atoms with Gasteiger partial charge in [-0.05, 0) is 31.9 Å². The highest BCUT2D eigenvalue weighted by Crippen LogP contribution is 2.29. The maximum Gasteiger partial charge on any atom is 0.314 e. The summed E-state index contributed by atoms with van der Waals surface area (Å²) < 4.78 is 5.17. The predicted octanol–water partition coefficient (Wildman–Crippen LogP) is 2.61. The van der Waals surface area contributed by atoms with Gasteiger partial charge in [0, 0.05) is 11.6 Å². The molecule has 1 aromatic carbocycles. The molecular weight excluding hydrogens is 222 g/mol. The van der Waals surface area contributed by atoms with Crippen LogP contribution in [0.25, 0.3) is 0 Å². The molecule has 0 amide bonds. The fourth-order valence-electron chi connectivity index (χ4n) is 1.74. The molecule has 90 valence electrons. The first-order valence-corrected chi connectivity index (χ1v) is 5.54. The lowest BCUT2D eigenvalue weighted by Crippen LogP contribution is -2.26. The van der Waals surface area contributed by atoms with Crippen LogP contribution in [0.15, 0.2) is 18.2 Å². The van der Waals surface area contributed by atoms with Crippen LogP contribution in [0.1, 0.15) is 24.8 Å². The fourth-order valence-corrected chi connectivity index (χ4v) is 1.74. The molecule has 1 aliphatic rings. The van der Waals surface area contributed by atoms with E-state index in [1.807, 2.05) is 0 Å². The van der Waals surface area contributed by atoms with Crippen molar-refractivity contribution in [1.29, 1.82) is 0 Å². The standard InChI is InChI=1S/C12H13NO4/c1-8-7-10(5-6-11(8)13(15)16)17-12(14)9-3-2-4-9/h5-7,9H,2-4H2,1H3. The van der Waals surface area contributed by atoms with Gasteiger partial charge in [0.25, 0.3) is 5.69 Å². The number of aryl methyl sites for hydroxylation is 1. The second kappa shape index (κ2) is 4.53. The number of carbonyl (C=O) groups is 1. The third-order valence-corrected chi connectivity index (χ3v) is 3.02. The topological polar surface area (TPSA) is 69.4 Å². The smallest absolute Gasteiger partial charge is 0.314 e. The van der Waals surface area contributed by atoms with Crippen molar-refractivity contribution in [3.8, 4) is 5.75 Å². The Morgan fingerprint density at radius 1 is 1.47 bits per heavy atom. The molecule has 1 aromatic rings. The van der Waals surface area contributed by atoms with Crippen molar-refractivity contribution in [1.82, 2.24) is 0 Å². The maximum absolute atomic E-state index is 11.6. The number of ether oxygens (including phenoxy) is 1. The Morgan fingerprint density at radius 2 is 2.18 bits per heavy atom. The van der Waals surface area contributed by atoms with Crippen LogP contribution < -0.4 is 4.74 Å². The number of carbonyl (C=O) groups excluding carboxylic acids is 1. The maximum atomic E-state index is 11.6. The lowest BCUT2D eigenvalue weighted by molar-refractivity contribution is -0.385. The van der Waals surface area contributed by atoms with Gasteiger partial charge in [-0.1, -0.05) is 6.42 Å². The van der Waals surface area contributed by atoms with E-state index in [0.717, 1.165) is 19.3 Å². The average molecular weight is 235 g/mol. The second-order valence-electron chi connectivity index (χ2n) is 4.25. The zero-order valence-electron chi connectivity index (χ0n) is 9.51. The van der Waals surface area contributed by atoms with Crippen molar-refractivity contribution in [2.45, 2.75) is 26.2 Å². The highest BCUT2D eigenvalue weighted by Gasteiger charge is 2.27. The molecule has 1 saturated carbocycles. The molecule has 0 aliphatic heterocycles. The van der Waals surface area contributed by atoms with Crippen LogP contribution >= 0.6 is 0 Å². The summed E-state index contributed by atoms with van der Waals surface area (Å²) in [7, 11) is 0. The van der Waals surface area contributed by atoms with E-state index in [2.05, 4.69) is 0 Å². The van der Waals surface area contributed by atoms with E-state index >= 15 is 0 Å². The molecule has 1 fully saturated rings. The van der Waals surface area contributed by atoms with E-state index < -0.39 is 4.92 Å². The summed E-state index contributed by atoms with van der Waals surface area (Å²) in [4.78, 5) is 21.7. The Labute approximate surface area is 98.5 Å². The molecule has 0 radical (unpaired) electrons. The molecule has 0 spiro atoms. The van der Waals surface area contributed by atoms with Crippen LogP contribution in [0.3, 0.4) is 0 Å². The van der Waals surface area contributed by atoms with Crippen molar-refractivity contribution in [2.75, 3.05) is 0 Å². The molecule has 0 saturated heterocycles. The Bertz CT molecular complexity index is 466. The normalized spacial score (nSPS) is 15.1. The number of nitro groups is 1. The Hall–Kier alpha value is -1.91. The first-order valence-electron chi connectivity index (χ1n) is 5.54. The second-order valence-corrected chi connectivity index (χ2v) is 4.25. The summed E-state index contributed by atoms with van der Waals surface area (Å²) in [5, 5.41) is 10.6. The van der Waals surface area contributed by atoms with Crippen LogP contribution in [0.4, 0.5) is 5.69 Å². The number of hydrogen-bond acceptors (Lipinski definition) is 4. The third-order valence-electron chi connectivity index (χ3n) is 3.02. The van der Waals surface area contributed by atoms with Gasteiger partial charge in [-0.15, -0.1) is 0 Å². The van der Waals surface area contributed by atoms with E-state index in [0.29, 0.717) is 11.3 Å². The summed E-state index contributed by atoms with van der Waals surface area (Å²) in [5.74, 6) is 0.153. The molecule has 1 aliphatic carbocycles. The highest BCUT2D eigenvalue weighted by molar-refractivity contribution is 5.76. The number of hydrogen-bond donors (Lipinski definition) is 0. The predicted molar refractivity (Wildman–Crippen MR) is 60.8 cm³/mol. The molecule has 0 aromatic heterocycles. The van der Waals surface area contributed by atoms with E-state index in [4.69, 9.17) is 4.74 Å². The lowest BCUT2D eigenvalue weighted by atomic mass is 9.86. The van der Waals surface area contributed by atoms with Crippen LogP contribution in [-0.2, 0) is 4.79 Å². The molecule has 0 N–H and O–H groups in total. The molecule has 5 nitrogen and oxygen atoms in total. The van der Waals surface area contributed by atoms with Crippen molar-refractivity contribution >= 4 is 11.7 Å². The van der Waals surface area contributed by atoms with Gasteiger partial charge >= 0.3 is 5.97 Å². The SMILES string of the molecule is Cc1cc(OC(=O)C2CCC2)ccc1[N+](=O)[O-]. The van der Waals surface area contributed by atoms with Gasteiger partial charge in [-0.25, -0.2) is 0 Å². The Morgan fingerprint density at radius 3 is 2.65 bits per heavy atom. The van der Waals surface area contributed by atoms with E-state index in [9.17, 15) is 14.9 Å². The third kappa shape index (κ3) is 2.43. The molecule has 0 atom stereocenters. The molecule has 2 rings (SSSR count). The van der Waals surface area contributed by atoms with Gasteiger partial charge < -0.3 is 4.74 Å². The Kier molecular flexibility index (Phi) is 3.08. The minimum absolute atomic E-state index is 0.00509. The fraction of sp³-hybridized carbons (Fsp3) is 0.417. The first kappa shape index (κ1) is 11.6. The first-order chi connectivity index (χ1) is 8.08. The van der Waals surface area contributed by atoms with Gasteiger partial charge in [0.15, 0.2) is 0 Å². The monoisotopic (exact) mass is 235 g/mol. The molecule has 17 heavy (non-hydrogen) atoms. The van der Waals surface area contributed by atoms with Gasteiger partial charge in [0.2, 0.25) is 0 Å². The summed E-state index contributed by atoms with van der Waals surface area (Å²) in [6.07, 6.45) is 2.83. The molecule has 0 bridgehead atoms. The van der Waals surface area contributed by atoms with Crippen LogP contribution in [0, 0.1) is 23.0 Å². The van der Waals surface area contributed by atoms with Crippen molar-refractivity contribution in [3.63, 3.8) is 0 Å². The van der Waals surface area contributed by atoms with Gasteiger partial charge in [0.1, 0.15) is 5.75 Å². The number of rotatable bonds is 3. The van der Waals surface area contributed by atoms with Crippen molar-refractivity contribution < 1.29 is 14.5 Å². The number of esters is 1. The van der Waals surface area contributed by atoms with E-state index in [1.54, 1.807) is 6.92 Å². The van der Waals surface area contributed by atoms with E-state index in [-0.39, 0.29) is 17.6 Å². The number of benzene rings is 1. The molecular formula is C12H13NO4. The largest absolute Gasteiger partial charge is 0.426 e. The van der Waals surface area contributed by atoms with Crippen LogP contribution in [0.5, 0.6) is 5.75 Å². The average Bonchev–Trinajstić information content (AvgIpc) is 2.13. The summed E-state index contributed by atoms with van der Waals surface area (Å²) in [6, 6.07) is 4.34. The number of nitrogens with zero attached hydrogens (tertiary/aromatic N) is 1. The van der Waals surface area contributed by atoms with Crippen molar-refractivity contribution in [3.05, 3.63) is 33.9 Å². The minimum atomic E-state index is -0.452. The van der Waals surface area contributed by atoms with Crippen molar-refractivity contribution in [2.24, 2.45) is 5.92 Å². The quantitative estimate of drug-likeness (QED) is 0.349. The minimum Gasteiger partial charge on any atom is -0.426 e. The summed E-state index contributed by atoms with van der Waals surface area (Å²) >= 11 is 0. The molecule has 0 unspecified atom stereocenters. The van der Waals surface area contributed by atoms with Gasteiger partial charge in [-0.3, -0.25) is 14.9 Å². The lowest BCUT2D eigenvalue weighted by Gasteiger charge is -2.22. The zero-order valence-corrected chi connectivity index (χ0v) is 9.51. The zero-order chi connectivity index (χ0) is 12.4. The van der Waals surface area contributed by atoms with Gasteiger partial charge in [0.05, 0.1) is 10.8 Å². The van der Waals surface area contributed by atoms with Crippen LogP contribution in [-0.4, -0.2) is 10.9 Å². The van der Waals surface area contributed by atoms with Crippen LogP contribution in [0.2, 0.25) is 0 Å².